The van der Waals surface area contributed by atoms with Gasteiger partial charge in [0.25, 0.3) is 5.91 Å². The predicted molar refractivity (Wildman–Crippen MR) is 110 cm³/mol. The van der Waals surface area contributed by atoms with Gasteiger partial charge >= 0.3 is 0 Å². The number of carbonyl (C=O) groups is 1. The van der Waals surface area contributed by atoms with E-state index >= 15 is 0 Å². The zero-order chi connectivity index (χ0) is 20.1. The molecule has 2 aliphatic heterocycles. The number of aryl methyl sites for hydroxylation is 1. The monoisotopic (exact) mass is 395 g/mol. The summed E-state index contributed by atoms with van der Waals surface area (Å²) in [5.74, 6) is 1.55. The van der Waals surface area contributed by atoms with Crippen molar-refractivity contribution in [2.24, 2.45) is 5.92 Å². The second kappa shape index (κ2) is 8.91. The lowest BCUT2D eigenvalue weighted by molar-refractivity contribution is -0.125. The molecule has 0 radical (unpaired) electrons. The number of hydrogen-bond donors (Lipinski definition) is 0. The van der Waals surface area contributed by atoms with Crippen LogP contribution in [0.15, 0.2) is 42.9 Å². The number of piperidine rings is 1. The molecular formula is C23H29N3O3. The van der Waals surface area contributed by atoms with Crippen LogP contribution in [-0.2, 0) is 4.74 Å². The van der Waals surface area contributed by atoms with Crippen molar-refractivity contribution < 1.29 is 14.3 Å². The quantitative estimate of drug-likeness (QED) is 0.773. The molecule has 29 heavy (non-hydrogen) atoms. The average molecular weight is 396 g/mol. The van der Waals surface area contributed by atoms with E-state index < -0.39 is 0 Å². The molecule has 0 aliphatic carbocycles. The number of amides is 1. The van der Waals surface area contributed by atoms with E-state index in [9.17, 15) is 4.79 Å². The lowest BCUT2D eigenvalue weighted by Gasteiger charge is -2.46. The van der Waals surface area contributed by atoms with Gasteiger partial charge in [-0.2, -0.15) is 0 Å². The van der Waals surface area contributed by atoms with Gasteiger partial charge in [-0.3, -0.25) is 14.8 Å². The normalized spacial score (nSPS) is 21.1. The van der Waals surface area contributed by atoms with Crippen LogP contribution in [0.4, 0.5) is 0 Å². The van der Waals surface area contributed by atoms with Gasteiger partial charge in [-0.15, -0.1) is 0 Å². The van der Waals surface area contributed by atoms with Crippen LogP contribution in [0.3, 0.4) is 0 Å². The van der Waals surface area contributed by atoms with Gasteiger partial charge < -0.3 is 14.4 Å². The van der Waals surface area contributed by atoms with Crippen molar-refractivity contribution in [2.75, 3.05) is 26.3 Å². The molecule has 2 aliphatic rings. The van der Waals surface area contributed by atoms with Gasteiger partial charge in [0.05, 0.1) is 17.8 Å². The van der Waals surface area contributed by atoms with Crippen LogP contribution < -0.4 is 4.74 Å². The number of rotatable bonds is 5. The first-order chi connectivity index (χ1) is 14.1. The topological polar surface area (TPSA) is 64.6 Å². The highest BCUT2D eigenvalue weighted by atomic mass is 16.5. The highest BCUT2D eigenvalue weighted by Crippen LogP contribution is 2.39. The molecule has 0 N–H and O–H groups in total. The largest absolute Gasteiger partial charge is 0.493 e. The molecular weight excluding hydrogens is 366 g/mol. The zero-order valence-corrected chi connectivity index (χ0v) is 17.0. The van der Waals surface area contributed by atoms with Crippen molar-refractivity contribution in [1.29, 1.82) is 0 Å². The zero-order valence-electron chi connectivity index (χ0n) is 17.0. The summed E-state index contributed by atoms with van der Waals surface area (Å²) < 4.78 is 12.1. The summed E-state index contributed by atoms with van der Waals surface area (Å²) in [7, 11) is 0. The number of nitrogens with zero attached hydrogens (tertiary/aromatic N) is 3. The Bertz CT molecular complexity index is 802. The summed E-state index contributed by atoms with van der Waals surface area (Å²) >= 11 is 0. The van der Waals surface area contributed by atoms with Gasteiger partial charge in [0, 0.05) is 44.0 Å². The van der Waals surface area contributed by atoms with Crippen molar-refractivity contribution in [1.82, 2.24) is 14.9 Å². The Hall–Kier alpha value is -2.47. The smallest absolute Gasteiger partial charge is 0.255 e. The highest BCUT2D eigenvalue weighted by molar-refractivity contribution is 5.94. The first-order valence-electron chi connectivity index (χ1n) is 10.5. The molecule has 2 aromatic heterocycles. The standard InChI is InChI=1S/C23H29N3O3/c1-18-2-3-20(17-25-18)22(27)26-12-8-23(9-13-26)16-19(7-15-29-23)6-14-28-21-4-10-24-11-5-21/h2-5,10-11,17,19H,6-9,12-16H2,1H3. The molecule has 1 atom stereocenters. The minimum atomic E-state index is -0.0815. The second-order valence-corrected chi connectivity index (χ2v) is 8.19. The van der Waals surface area contributed by atoms with Crippen LogP contribution in [-0.4, -0.2) is 52.7 Å². The van der Waals surface area contributed by atoms with Gasteiger partial charge in [0.15, 0.2) is 0 Å². The van der Waals surface area contributed by atoms with Gasteiger partial charge in [-0.1, -0.05) is 0 Å². The van der Waals surface area contributed by atoms with E-state index in [0.29, 0.717) is 11.5 Å². The lowest BCUT2D eigenvalue weighted by atomic mass is 9.78. The van der Waals surface area contributed by atoms with Crippen molar-refractivity contribution in [3.63, 3.8) is 0 Å². The first-order valence-corrected chi connectivity index (χ1v) is 10.5. The van der Waals surface area contributed by atoms with E-state index in [1.165, 1.54) is 0 Å². The maximum Gasteiger partial charge on any atom is 0.255 e. The minimum absolute atomic E-state index is 0.0745. The van der Waals surface area contributed by atoms with Crippen molar-refractivity contribution in [3.05, 3.63) is 54.1 Å². The maximum absolute atomic E-state index is 12.7. The van der Waals surface area contributed by atoms with E-state index in [4.69, 9.17) is 9.47 Å². The average Bonchev–Trinajstić information content (AvgIpc) is 2.75. The van der Waals surface area contributed by atoms with Crippen LogP contribution in [0.5, 0.6) is 5.75 Å². The fourth-order valence-corrected chi connectivity index (χ4v) is 4.40. The molecule has 1 spiro atoms. The fourth-order valence-electron chi connectivity index (χ4n) is 4.40. The molecule has 2 fully saturated rings. The highest BCUT2D eigenvalue weighted by Gasteiger charge is 2.41. The summed E-state index contributed by atoms with van der Waals surface area (Å²) in [5.41, 5.74) is 1.51. The molecule has 6 nitrogen and oxygen atoms in total. The number of aromatic nitrogens is 2. The molecule has 1 unspecified atom stereocenters. The van der Waals surface area contributed by atoms with E-state index in [2.05, 4.69) is 9.97 Å². The molecule has 2 saturated heterocycles. The van der Waals surface area contributed by atoms with E-state index in [-0.39, 0.29) is 11.5 Å². The number of pyridine rings is 2. The molecule has 2 aromatic rings. The van der Waals surface area contributed by atoms with Crippen LogP contribution in [0.2, 0.25) is 0 Å². The summed E-state index contributed by atoms with van der Waals surface area (Å²) in [6, 6.07) is 7.54. The number of hydrogen-bond acceptors (Lipinski definition) is 5. The Morgan fingerprint density at radius 3 is 2.76 bits per heavy atom. The fraction of sp³-hybridized carbons (Fsp3) is 0.522. The van der Waals surface area contributed by atoms with Gasteiger partial charge in [-0.25, -0.2) is 0 Å². The third-order valence-electron chi connectivity index (χ3n) is 6.16. The van der Waals surface area contributed by atoms with Gasteiger partial charge in [0.1, 0.15) is 5.75 Å². The predicted octanol–water partition coefficient (Wildman–Crippen LogP) is 3.66. The summed E-state index contributed by atoms with van der Waals surface area (Å²) in [5, 5.41) is 0. The maximum atomic E-state index is 12.7. The Kier molecular flexibility index (Phi) is 6.09. The van der Waals surface area contributed by atoms with Crippen molar-refractivity contribution in [3.8, 4) is 5.75 Å². The third-order valence-corrected chi connectivity index (χ3v) is 6.16. The van der Waals surface area contributed by atoms with Crippen molar-refractivity contribution in [2.45, 2.75) is 44.6 Å². The second-order valence-electron chi connectivity index (χ2n) is 8.19. The third kappa shape index (κ3) is 4.93. The SMILES string of the molecule is Cc1ccc(C(=O)N2CCC3(CC2)CC(CCOc2ccncc2)CCO3)cn1. The van der Waals surface area contributed by atoms with E-state index in [1.54, 1.807) is 18.6 Å². The molecule has 4 rings (SSSR count). The number of carbonyl (C=O) groups excluding carboxylic acids is 1. The number of likely N-dealkylation sites (tertiary alicyclic amines) is 1. The molecule has 1 amide bonds. The van der Waals surface area contributed by atoms with E-state index in [0.717, 1.165) is 69.9 Å². The van der Waals surface area contributed by atoms with Gasteiger partial charge in [0.2, 0.25) is 0 Å². The molecule has 0 aromatic carbocycles. The first kappa shape index (κ1) is 19.8. The van der Waals surface area contributed by atoms with E-state index in [1.807, 2.05) is 36.1 Å². The molecule has 6 heteroatoms. The van der Waals surface area contributed by atoms with Crippen LogP contribution >= 0.6 is 0 Å². The van der Waals surface area contributed by atoms with Gasteiger partial charge in [-0.05, 0) is 69.2 Å². The molecule has 4 heterocycles. The summed E-state index contributed by atoms with van der Waals surface area (Å²) in [4.78, 5) is 23.0. The number of ether oxygens (including phenoxy) is 2. The molecule has 0 bridgehead atoms. The lowest BCUT2D eigenvalue weighted by Crippen LogP contribution is -2.50. The molecule has 154 valence electrons. The Morgan fingerprint density at radius 2 is 2.03 bits per heavy atom. The van der Waals surface area contributed by atoms with Crippen LogP contribution in [0.1, 0.15) is 48.2 Å². The van der Waals surface area contributed by atoms with Crippen LogP contribution in [0.25, 0.3) is 0 Å². The summed E-state index contributed by atoms with van der Waals surface area (Å²) in [6.45, 7) is 4.93. The Balaban J connectivity index is 1.27. The van der Waals surface area contributed by atoms with Crippen molar-refractivity contribution >= 4 is 5.91 Å². The Morgan fingerprint density at radius 1 is 1.24 bits per heavy atom. The molecule has 0 saturated carbocycles. The Labute approximate surface area is 172 Å². The minimum Gasteiger partial charge on any atom is -0.493 e. The summed E-state index contributed by atoms with van der Waals surface area (Å²) in [6.07, 6.45) is 10.2. The van der Waals surface area contributed by atoms with Crippen LogP contribution in [0, 0.1) is 12.8 Å².